The number of amides is 2. The van der Waals surface area contributed by atoms with Gasteiger partial charge in [0, 0.05) is 24.0 Å². The average Bonchev–Trinajstić information content (AvgIpc) is 3.46. The van der Waals surface area contributed by atoms with Gasteiger partial charge in [0.15, 0.2) is 0 Å². The summed E-state index contributed by atoms with van der Waals surface area (Å²) in [4.78, 5) is 27.7. The van der Waals surface area contributed by atoms with Gasteiger partial charge in [0.2, 0.25) is 0 Å². The van der Waals surface area contributed by atoms with Crippen molar-refractivity contribution < 1.29 is 19.1 Å². The van der Waals surface area contributed by atoms with Crippen LogP contribution in [0.3, 0.4) is 0 Å². The lowest BCUT2D eigenvalue weighted by molar-refractivity contribution is 0.123. The second-order valence-corrected chi connectivity index (χ2v) is 7.56. The third-order valence-electron chi connectivity index (χ3n) is 5.82. The Morgan fingerprint density at radius 3 is 3.03 bits per heavy atom. The van der Waals surface area contributed by atoms with Crippen molar-refractivity contribution in [3.8, 4) is 6.07 Å². The molecule has 5 rings (SSSR count). The number of benzene rings is 1. The lowest BCUT2D eigenvalue weighted by Crippen LogP contribution is -2.40. The van der Waals surface area contributed by atoms with E-state index in [1.54, 1.807) is 9.58 Å². The van der Waals surface area contributed by atoms with Gasteiger partial charge in [-0.3, -0.25) is 9.58 Å². The van der Waals surface area contributed by atoms with Gasteiger partial charge in [0.25, 0.3) is 0 Å². The second kappa shape index (κ2) is 6.95. The van der Waals surface area contributed by atoms with Crippen molar-refractivity contribution in [2.45, 2.75) is 38.2 Å². The lowest BCUT2D eigenvalue weighted by Gasteiger charge is -2.19. The summed E-state index contributed by atoms with van der Waals surface area (Å²) in [5.41, 5.74) is 5.12. The van der Waals surface area contributed by atoms with Gasteiger partial charge in [-0.2, -0.15) is 10.4 Å². The number of rotatable bonds is 4. The molecule has 0 unspecified atom stereocenters. The highest BCUT2D eigenvalue weighted by Crippen LogP contribution is 2.41. The molecule has 0 aliphatic carbocycles. The first-order valence-corrected chi connectivity index (χ1v) is 9.69. The summed E-state index contributed by atoms with van der Waals surface area (Å²) in [5.74, 6) is 0. The number of carbonyl (C=O) groups is 2. The van der Waals surface area contributed by atoms with Crippen LogP contribution in [0.15, 0.2) is 24.4 Å². The lowest BCUT2D eigenvalue weighted by atomic mass is 10.0. The normalized spacial score (nSPS) is 21.0. The number of nitrogens with zero attached hydrogens (tertiary/aromatic N) is 5. The molecule has 1 N–H and O–H groups in total. The summed E-state index contributed by atoms with van der Waals surface area (Å²) in [6, 6.07) is 8.02. The van der Waals surface area contributed by atoms with Crippen molar-refractivity contribution in [2.75, 3.05) is 23.5 Å². The minimum Gasteiger partial charge on any atom is -0.453 e. The third kappa shape index (κ3) is 2.90. The number of aromatic nitrogens is 2. The predicted molar refractivity (Wildman–Crippen MR) is 105 cm³/mol. The van der Waals surface area contributed by atoms with Crippen molar-refractivity contribution in [1.29, 1.82) is 5.26 Å². The van der Waals surface area contributed by atoms with Gasteiger partial charge in [-0.15, -0.1) is 0 Å². The number of methoxy groups -OCH3 is 1. The van der Waals surface area contributed by atoms with Crippen LogP contribution in [-0.4, -0.2) is 47.8 Å². The summed E-state index contributed by atoms with van der Waals surface area (Å²) in [6.45, 7) is 1.89. The van der Waals surface area contributed by atoms with E-state index in [0.29, 0.717) is 13.0 Å². The largest absolute Gasteiger partial charge is 0.453 e. The fourth-order valence-electron chi connectivity index (χ4n) is 4.44. The number of anilines is 2. The zero-order valence-corrected chi connectivity index (χ0v) is 16.4. The first-order valence-electron chi connectivity index (χ1n) is 9.69. The summed E-state index contributed by atoms with van der Waals surface area (Å²) >= 11 is 0. The van der Waals surface area contributed by atoms with Crippen LogP contribution < -0.4 is 15.1 Å². The molecule has 3 aliphatic rings. The Hall–Kier alpha value is -3.74. The topological polar surface area (TPSA) is 113 Å². The van der Waals surface area contributed by atoms with E-state index in [1.807, 2.05) is 18.3 Å². The SMILES string of the molecule is COC(=O)NC[C@@H]1OC(=O)N2c3ccc(N4Cc5cn(CC#N)nc5C4)cc3C[C@@H]12. The van der Waals surface area contributed by atoms with Crippen LogP contribution in [-0.2, 0) is 35.5 Å². The number of alkyl carbamates (subject to hydrolysis) is 1. The molecule has 3 aliphatic heterocycles. The molecule has 1 aromatic heterocycles. The predicted octanol–water partition coefficient (Wildman–Crippen LogP) is 1.53. The number of hydrogen-bond acceptors (Lipinski definition) is 7. The third-order valence-corrected chi connectivity index (χ3v) is 5.82. The van der Waals surface area contributed by atoms with Crippen molar-refractivity contribution in [3.05, 3.63) is 41.2 Å². The Morgan fingerprint density at radius 1 is 1.40 bits per heavy atom. The van der Waals surface area contributed by atoms with E-state index in [2.05, 4.69) is 32.2 Å². The number of carbonyl (C=O) groups excluding carboxylic acids is 2. The summed E-state index contributed by atoms with van der Waals surface area (Å²) in [7, 11) is 1.30. The molecule has 1 aromatic carbocycles. The molecule has 10 heteroatoms. The maximum Gasteiger partial charge on any atom is 0.415 e. The zero-order chi connectivity index (χ0) is 20.8. The number of hydrogen-bond donors (Lipinski definition) is 1. The van der Waals surface area contributed by atoms with E-state index in [0.717, 1.165) is 34.7 Å². The standard InChI is InChI=1S/C20H20N6O4/c1-29-19(27)22-8-18-17-7-12-6-14(2-3-16(12)26(17)20(28)30-18)24-9-13-10-25(5-4-21)23-15(13)11-24/h2-3,6,10,17-18H,5,7-9,11H2,1H3,(H,22,27)/t17-,18-/m0/s1. The number of nitrogens with one attached hydrogen (secondary N) is 1. The van der Waals surface area contributed by atoms with E-state index in [-0.39, 0.29) is 19.1 Å². The summed E-state index contributed by atoms with van der Waals surface area (Å²) in [6.07, 6.45) is 1.22. The highest BCUT2D eigenvalue weighted by molar-refractivity contribution is 5.94. The Balaban J connectivity index is 1.31. The Bertz CT molecular complexity index is 1050. The minimum absolute atomic E-state index is 0.149. The highest BCUT2D eigenvalue weighted by atomic mass is 16.6. The molecule has 1 saturated heterocycles. The molecular weight excluding hydrogens is 388 g/mol. The van der Waals surface area contributed by atoms with E-state index in [9.17, 15) is 9.59 Å². The van der Waals surface area contributed by atoms with Crippen LogP contribution >= 0.6 is 0 Å². The molecule has 154 valence electrons. The summed E-state index contributed by atoms with van der Waals surface area (Å²) < 4.78 is 11.7. The molecule has 2 atom stereocenters. The number of cyclic esters (lactones) is 1. The molecule has 2 aromatic rings. The van der Waals surface area contributed by atoms with E-state index in [4.69, 9.17) is 10.00 Å². The highest BCUT2D eigenvalue weighted by Gasteiger charge is 2.47. The van der Waals surface area contributed by atoms with Crippen LogP contribution in [0.5, 0.6) is 0 Å². The quantitative estimate of drug-likeness (QED) is 0.816. The van der Waals surface area contributed by atoms with Gasteiger partial charge in [-0.25, -0.2) is 9.59 Å². The van der Waals surface area contributed by atoms with Crippen LogP contribution in [0.2, 0.25) is 0 Å². The first-order chi connectivity index (χ1) is 14.6. The molecule has 0 spiro atoms. The maximum absolute atomic E-state index is 12.4. The fourth-order valence-corrected chi connectivity index (χ4v) is 4.44. The van der Waals surface area contributed by atoms with Crippen LogP contribution in [0.4, 0.5) is 21.0 Å². The van der Waals surface area contributed by atoms with E-state index in [1.165, 1.54) is 7.11 Å². The van der Waals surface area contributed by atoms with E-state index < -0.39 is 18.3 Å². The zero-order valence-electron chi connectivity index (χ0n) is 16.4. The minimum atomic E-state index is -0.549. The van der Waals surface area contributed by atoms with Crippen molar-refractivity contribution >= 4 is 23.6 Å². The Morgan fingerprint density at radius 2 is 2.27 bits per heavy atom. The number of fused-ring (bicyclic) bond motifs is 4. The summed E-state index contributed by atoms with van der Waals surface area (Å²) in [5, 5.41) is 15.9. The Labute approximate surface area is 172 Å². The molecule has 30 heavy (non-hydrogen) atoms. The van der Waals surface area contributed by atoms with Crippen LogP contribution in [0.1, 0.15) is 16.8 Å². The molecule has 10 nitrogen and oxygen atoms in total. The van der Waals surface area contributed by atoms with Crippen molar-refractivity contribution in [1.82, 2.24) is 15.1 Å². The van der Waals surface area contributed by atoms with Gasteiger partial charge < -0.3 is 19.7 Å². The monoisotopic (exact) mass is 408 g/mol. The fraction of sp³-hybridized carbons (Fsp3) is 0.400. The van der Waals surface area contributed by atoms with Crippen molar-refractivity contribution in [3.63, 3.8) is 0 Å². The number of ether oxygens (including phenoxy) is 2. The molecule has 1 fully saturated rings. The van der Waals surface area contributed by atoms with Gasteiger partial charge in [0.05, 0.1) is 43.7 Å². The molecule has 0 saturated carbocycles. The molecular formula is C20H20N6O4. The van der Waals surface area contributed by atoms with E-state index >= 15 is 0 Å². The Kier molecular flexibility index (Phi) is 4.24. The van der Waals surface area contributed by atoms with Crippen molar-refractivity contribution in [2.24, 2.45) is 0 Å². The van der Waals surface area contributed by atoms with Crippen LogP contribution in [0.25, 0.3) is 0 Å². The first kappa shape index (κ1) is 18.3. The molecule has 0 bridgehead atoms. The molecule has 2 amide bonds. The van der Waals surface area contributed by atoms with Gasteiger partial charge in [-0.05, 0) is 30.2 Å². The van der Waals surface area contributed by atoms with Gasteiger partial charge in [-0.1, -0.05) is 0 Å². The van der Waals surface area contributed by atoms with Gasteiger partial charge >= 0.3 is 12.2 Å². The average molecular weight is 408 g/mol. The second-order valence-electron chi connectivity index (χ2n) is 7.56. The molecule has 0 radical (unpaired) electrons. The van der Waals surface area contributed by atoms with Gasteiger partial charge in [0.1, 0.15) is 12.6 Å². The molecule has 4 heterocycles. The number of nitriles is 1. The maximum atomic E-state index is 12.4. The smallest absolute Gasteiger partial charge is 0.415 e. The van der Waals surface area contributed by atoms with Crippen LogP contribution in [0, 0.1) is 11.3 Å².